The molecule has 4 heteroatoms. The number of hydrogen-bond donors (Lipinski definition) is 0. The minimum absolute atomic E-state index is 0.0751. The number of hydrogen-bond acceptors (Lipinski definition) is 3. The second-order valence-corrected chi connectivity index (χ2v) is 6.91. The van der Waals surface area contributed by atoms with E-state index in [1.807, 2.05) is 60.4 Å². The number of nitrogens with zero attached hydrogens (tertiary/aromatic N) is 2. The Morgan fingerprint density at radius 2 is 1.42 bits per heavy atom. The van der Waals surface area contributed by atoms with Crippen molar-refractivity contribution in [3.63, 3.8) is 0 Å². The molecule has 0 atom stereocenters. The quantitative estimate of drug-likeness (QED) is 0.778. The number of ketones is 1. The summed E-state index contributed by atoms with van der Waals surface area (Å²) in [5.74, 6) is 0.220. The fourth-order valence-corrected chi connectivity index (χ4v) is 3.21. The van der Waals surface area contributed by atoms with Crippen molar-refractivity contribution in [1.29, 1.82) is 0 Å². The van der Waals surface area contributed by atoms with Crippen molar-refractivity contribution in [1.82, 2.24) is 9.80 Å². The molecule has 1 amide bonds. The summed E-state index contributed by atoms with van der Waals surface area (Å²) in [7, 11) is 0. The van der Waals surface area contributed by atoms with Crippen LogP contribution < -0.4 is 0 Å². The molecule has 2 aromatic carbocycles. The number of amides is 1. The van der Waals surface area contributed by atoms with Gasteiger partial charge in [0.1, 0.15) is 0 Å². The predicted molar refractivity (Wildman–Crippen MR) is 104 cm³/mol. The fourth-order valence-electron chi connectivity index (χ4n) is 3.21. The number of Topliss-reactive ketones (excluding diaryl/α,β-unsaturated/α-hetero) is 1. The van der Waals surface area contributed by atoms with Crippen LogP contribution in [-0.4, -0.2) is 54.2 Å². The van der Waals surface area contributed by atoms with Crippen LogP contribution in [0, 0.1) is 6.92 Å². The molecule has 1 aliphatic heterocycles. The summed E-state index contributed by atoms with van der Waals surface area (Å²) >= 11 is 0. The van der Waals surface area contributed by atoms with Crippen molar-refractivity contribution >= 4 is 11.7 Å². The van der Waals surface area contributed by atoms with Crippen molar-refractivity contribution in [2.75, 3.05) is 32.7 Å². The molecule has 4 nitrogen and oxygen atoms in total. The highest BCUT2D eigenvalue weighted by atomic mass is 16.2. The van der Waals surface area contributed by atoms with Gasteiger partial charge in [-0.05, 0) is 31.0 Å². The third-order valence-electron chi connectivity index (χ3n) is 5.01. The summed E-state index contributed by atoms with van der Waals surface area (Å²) in [5, 5.41) is 0. The second kappa shape index (κ2) is 8.28. The topological polar surface area (TPSA) is 40.6 Å². The maximum absolute atomic E-state index is 12.6. The molecule has 1 aliphatic rings. The number of carbonyl (C=O) groups excluding carboxylic acids is 2. The summed E-state index contributed by atoms with van der Waals surface area (Å²) in [4.78, 5) is 29.0. The van der Waals surface area contributed by atoms with Crippen LogP contribution >= 0.6 is 0 Å². The molecule has 0 aromatic heterocycles. The van der Waals surface area contributed by atoms with Crippen LogP contribution in [0.4, 0.5) is 0 Å². The molecule has 0 bridgehead atoms. The van der Waals surface area contributed by atoms with Crippen LogP contribution in [0.15, 0.2) is 48.5 Å². The number of aryl methyl sites for hydroxylation is 2. The number of benzene rings is 2. The van der Waals surface area contributed by atoms with Gasteiger partial charge in [-0.1, -0.05) is 48.9 Å². The zero-order valence-electron chi connectivity index (χ0n) is 15.6. The second-order valence-electron chi connectivity index (χ2n) is 6.91. The van der Waals surface area contributed by atoms with E-state index in [2.05, 4.69) is 11.8 Å². The summed E-state index contributed by atoms with van der Waals surface area (Å²) in [6, 6.07) is 15.6. The molecule has 0 radical (unpaired) electrons. The summed E-state index contributed by atoms with van der Waals surface area (Å²) in [5.41, 5.74) is 3.89. The molecule has 3 rings (SSSR count). The van der Waals surface area contributed by atoms with Crippen molar-refractivity contribution in [2.45, 2.75) is 20.3 Å². The molecule has 1 fully saturated rings. The third kappa shape index (κ3) is 4.38. The van der Waals surface area contributed by atoms with Crippen LogP contribution in [0.25, 0.3) is 0 Å². The summed E-state index contributed by atoms with van der Waals surface area (Å²) in [6.45, 7) is 7.32. The van der Waals surface area contributed by atoms with Crippen LogP contribution in [0.3, 0.4) is 0 Å². The van der Waals surface area contributed by atoms with E-state index in [-0.39, 0.29) is 11.7 Å². The Morgan fingerprint density at radius 1 is 0.846 bits per heavy atom. The van der Waals surface area contributed by atoms with Crippen molar-refractivity contribution < 1.29 is 9.59 Å². The standard InChI is InChI=1S/C22H26N2O2/c1-3-18-6-10-19(11-7-18)21(25)16-23-12-14-24(15-13-23)22(26)20-8-4-17(2)5-9-20/h4-11H,3,12-16H2,1-2H3. The monoisotopic (exact) mass is 350 g/mol. The Morgan fingerprint density at radius 3 is 2.00 bits per heavy atom. The van der Waals surface area contributed by atoms with E-state index in [1.165, 1.54) is 5.56 Å². The molecule has 1 heterocycles. The largest absolute Gasteiger partial charge is 0.336 e. The molecule has 0 N–H and O–H groups in total. The Kier molecular flexibility index (Phi) is 5.84. The summed E-state index contributed by atoms with van der Waals surface area (Å²) in [6.07, 6.45) is 0.978. The predicted octanol–water partition coefficient (Wildman–Crippen LogP) is 3.20. The van der Waals surface area contributed by atoms with E-state index in [4.69, 9.17) is 0 Å². The lowest BCUT2D eigenvalue weighted by Gasteiger charge is -2.34. The summed E-state index contributed by atoms with van der Waals surface area (Å²) < 4.78 is 0. The molecular formula is C22H26N2O2. The highest BCUT2D eigenvalue weighted by molar-refractivity contribution is 5.97. The normalized spacial score (nSPS) is 15.1. The maximum atomic E-state index is 12.6. The molecule has 0 unspecified atom stereocenters. The fraction of sp³-hybridized carbons (Fsp3) is 0.364. The van der Waals surface area contributed by atoms with E-state index in [1.54, 1.807) is 0 Å². The van der Waals surface area contributed by atoms with Gasteiger partial charge in [-0.2, -0.15) is 0 Å². The Balaban J connectivity index is 1.52. The van der Waals surface area contributed by atoms with Gasteiger partial charge in [0.25, 0.3) is 5.91 Å². The molecule has 0 aliphatic carbocycles. The lowest BCUT2D eigenvalue weighted by atomic mass is 10.1. The first-order valence-electron chi connectivity index (χ1n) is 9.27. The zero-order valence-corrected chi connectivity index (χ0v) is 15.6. The number of rotatable bonds is 5. The van der Waals surface area contributed by atoms with Crippen molar-refractivity contribution in [2.24, 2.45) is 0 Å². The van der Waals surface area contributed by atoms with Gasteiger partial charge in [0.2, 0.25) is 0 Å². The Bertz CT molecular complexity index is 758. The minimum atomic E-state index is 0.0751. The number of carbonyl (C=O) groups is 2. The molecule has 2 aromatic rings. The van der Waals surface area contributed by atoms with E-state index in [0.717, 1.165) is 36.2 Å². The zero-order chi connectivity index (χ0) is 18.5. The molecule has 136 valence electrons. The molecule has 0 saturated carbocycles. The molecule has 0 spiro atoms. The van der Waals surface area contributed by atoms with Crippen molar-refractivity contribution in [3.8, 4) is 0 Å². The van der Waals surface area contributed by atoms with Gasteiger partial charge in [-0.3, -0.25) is 14.5 Å². The van der Waals surface area contributed by atoms with Crippen LogP contribution in [0.5, 0.6) is 0 Å². The average molecular weight is 350 g/mol. The lowest BCUT2D eigenvalue weighted by Crippen LogP contribution is -2.49. The van der Waals surface area contributed by atoms with E-state index >= 15 is 0 Å². The van der Waals surface area contributed by atoms with E-state index < -0.39 is 0 Å². The van der Waals surface area contributed by atoms with Crippen LogP contribution in [-0.2, 0) is 6.42 Å². The molecule has 26 heavy (non-hydrogen) atoms. The lowest BCUT2D eigenvalue weighted by molar-refractivity contribution is 0.0624. The van der Waals surface area contributed by atoms with Gasteiger partial charge in [0.15, 0.2) is 5.78 Å². The average Bonchev–Trinajstić information content (AvgIpc) is 2.68. The third-order valence-corrected chi connectivity index (χ3v) is 5.01. The van der Waals surface area contributed by atoms with Crippen molar-refractivity contribution in [3.05, 3.63) is 70.8 Å². The first-order valence-corrected chi connectivity index (χ1v) is 9.27. The van der Waals surface area contributed by atoms with Crippen LogP contribution in [0.1, 0.15) is 38.8 Å². The first kappa shape index (κ1) is 18.3. The van der Waals surface area contributed by atoms with E-state index in [0.29, 0.717) is 19.6 Å². The van der Waals surface area contributed by atoms with Gasteiger partial charge in [-0.25, -0.2) is 0 Å². The van der Waals surface area contributed by atoms with Gasteiger partial charge in [0.05, 0.1) is 6.54 Å². The van der Waals surface area contributed by atoms with Gasteiger partial charge < -0.3 is 4.90 Å². The maximum Gasteiger partial charge on any atom is 0.253 e. The highest BCUT2D eigenvalue weighted by Crippen LogP contribution is 2.12. The van der Waals surface area contributed by atoms with Gasteiger partial charge in [0, 0.05) is 37.3 Å². The Hall–Kier alpha value is -2.46. The first-order chi connectivity index (χ1) is 12.6. The molecule has 1 saturated heterocycles. The van der Waals surface area contributed by atoms with Crippen LogP contribution in [0.2, 0.25) is 0 Å². The minimum Gasteiger partial charge on any atom is -0.336 e. The molecular weight excluding hydrogens is 324 g/mol. The Labute approximate surface area is 155 Å². The SMILES string of the molecule is CCc1ccc(C(=O)CN2CCN(C(=O)c3ccc(C)cc3)CC2)cc1. The highest BCUT2D eigenvalue weighted by Gasteiger charge is 2.23. The smallest absolute Gasteiger partial charge is 0.253 e. The number of piperazine rings is 1. The van der Waals surface area contributed by atoms with Gasteiger partial charge >= 0.3 is 0 Å². The van der Waals surface area contributed by atoms with Gasteiger partial charge in [-0.15, -0.1) is 0 Å². The van der Waals surface area contributed by atoms with E-state index in [9.17, 15) is 9.59 Å².